The fourth-order valence-corrected chi connectivity index (χ4v) is 3.53. The molecule has 14 heavy (non-hydrogen) atoms. The fraction of sp³-hybridized carbons (Fsp3) is 1.00. The Kier molecular flexibility index (Phi) is 3.55. The SMILES string of the molecule is CC(C)CNCC1(O)CCS(=O)(=O)C1. The van der Waals surface area contributed by atoms with Crippen molar-refractivity contribution in [1.82, 2.24) is 5.32 Å². The lowest BCUT2D eigenvalue weighted by atomic mass is 10.0. The zero-order chi connectivity index (χ0) is 10.8. The van der Waals surface area contributed by atoms with Crippen molar-refractivity contribution in [3.05, 3.63) is 0 Å². The van der Waals surface area contributed by atoms with Crippen LogP contribution in [0.2, 0.25) is 0 Å². The van der Waals surface area contributed by atoms with Crippen molar-refractivity contribution in [3.8, 4) is 0 Å². The number of rotatable bonds is 4. The Balaban J connectivity index is 2.38. The smallest absolute Gasteiger partial charge is 0.153 e. The van der Waals surface area contributed by atoms with Crippen LogP contribution in [-0.4, -0.2) is 43.7 Å². The van der Waals surface area contributed by atoms with Crippen LogP contribution in [0.25, 0.3) is 0 Å². The maximum absolute atomic E-state index is 11.2. The molecule has 0 amide bonds. The lowest BCUT2D eigenvalue weighted by molar-refractivity contribution is 0.0667. The van der Waals surface area contributed by atoms with Gasteiger partial charge in [0.15, 0.2) is 9.84 Å². The van der Waals surface area contributed by atoms with Crippen molar-refractivity contribution >= 4 is 9.84 Å². The van der Waals surface area contributed by atoms with Crippen LogP contribution in [0.3, 0.4) is 0 Å². The third kappa shape index (κ3) is 3.55. The van der Waals surface area contributed by atoms with Gasteiger partial charge >= 0.3 is 0 Å². The highest BCUT2D eigenvalue weighted by molar-refractivity contribution is 7.91. The summed E-state index contributed by atoms with van der Waals surface area (Å²) >= 11 is 0. The number of hydrogen-bond acceptors (Lipinski definition) is 4. The van der Waals surface area contributed by atoms with E-state index in [0.717, 1.165) is 6.54 Å². The molecule has 4 nitrogen and oxygen atoms in total. The van der Waals surface area contributed by atoms with Crippen molar-refractivity contribution in [2.75, 3.05) is 24.6 Å². The first-order chi connectivity index (χ1) is 6.33. The van der Waals surface area contributed by atoms with Crippen LogP contribution in [0.15, 0.2) is 0 Å². The molecule has 1 fully saturated rings. The minimum Gasteiger partial charge on any atom is -0.387 e. The molecule has 0 aromatic carbocycles. The minimum atomic E-state index is -2.99. The summed E-state index contributed by atoms with van der Waals surface area (Å²) in [6.45, 7) is 5.33. The summed E-state index contributed by atoms with van der Waals surface area (Å²) < 4.78 is 22.3. The normalized spacial score (nSPS) is 31.1. The van der Waals surface area contributed by atoms with E-state index in [1.54, 1.807) is 0 Å². The molecule has 1 unspecified atom stereocenters. The van der Waals surface area contributed by atoms with Crippen LogP contribution in [0.1, 0.15) is 20.3 Å². The molecule has 0 aromatic heterocycles. The molecule has 0 radical (unpaired) electrons. The molecule has 0 spiro atoms. The first kappa shape index (κ1) is 11.9. The van der Waals surface area contributed by atoms with Gasteiger partial charge in [0.05, 0.1) is 17.1 Å². The first-order valence-corrected chi connectivity index (χ1v) is 6.79. The molecule has 0 aromatic rings. The molecule has 1 atom stereocenters. The van der Waals surface area contributed by atoms with Gasteiger partial charge in [-0.05, 0) is 18.9 Å². The van der Waals surface area contributed by atoms with Crippen LogP contribution >= 0.6 is 0 Å². The summed E-state index contributed by atoms with van der Waals surface area (Å²) in [6, 6.07) is 0. The zero-order valence-corrected chi connectivity index (χ0v) is 9.60. The van der Waals surface area contributed by atoms with Crippen molar-refractivity contribution in [2.45, 2.75) is 25.9 Å². The molecule has 1 heterocycles. The van der Waals surface area contributed by atoms with E-state index in [2.05, 4.69) is 19.2 Å². The molecule has 1 rings (SSSR count). The molecule has 0 bridgehead atoms. The second-order valence-electron chi connectivity index (χ2n) is 4.59. The summed E-state index contributed by atoms with van der Waals surface area (Å²) in [5, 5.41) is 13.0. The van der Waals surface area contributed by atoms with Crippen molar-refractivity contribution in [1.29, 1.82) is 0 Å². The predicted molar refractivity (Wildman–Crippen MR) is 55.9 cm³/mol. The highest BCUT2D eigenvalue weighted by Gasteiger charge is 2.40. The highest BCUT2D eigenvalue weighted by Crippen LogP contribution is 2.22. The first-order valence-electron chi connectivity index (χ1n) is 4.97. The molecule has 1 aliphatic rings. The van der Waals surface area contributed by atoms with E-state index >= 15 is 0 Å². The van der Waals surface area contributed by atoms with Crippen molar-refractivity contribution < 1.29 is 13.5 Å². The van der Waals surface area contributed by atoms with Crippen LogP contribution in [0.4, 0.5) is 0 Å². The summed E-state index contributed by atoms with van der Waals surface area (Å²) in [4.78, 5) is 0. The van der Waals surface area contributed by atoms with Gasteiger partial charge in [0.1, 0.15) is 0 Å². The Morgan fingerprint density at radius 2 is 2.14 bits per heavy atom. The van der Waals surface area contributed by atoms with Gasteiger partial charge in [0.25, 0.3) is 0 Å². The van der Waals surface area contributed by atoms with E-state index in [1.165, 1.54) is 0 Å². The molecule has 0 saturated carbocycles. The van der Waals surface area contributed by atoms with E-state index in [1.807, 2.05) is 0 Å². The van der Waals surface area contributed by atoms with Gasteiger partial charge in [-0.15, -0.1) is 0 Å². The van der Waals surface area contributed by atoms with Crippen LogP contribution in [0.5, 0.6) is 0 Å². The van der Waals surface area contributed by atoms with Crippen molar-refractivity contribution in [3.63, 3.8) is 0 Å². The van der Waals surface area contributed by atoms with Gasteiger partial charge < -0.3 is 10.4 Å². The van der Waals surface area contributed by atoms with E-state index in [0.29, 0.717) is 18.9 Å². The second-order valence-corrected chi connectivity index (χ2v) is 6.78. The van der Waals surface area contributed by atoms with Crippen molar-refractivity contribution in [2.24, 2.45) is 5.92 Å². The van der Waals surface area contributed by atoms with Gasteiger partial charge in [-0.1, -0.05) is 13.8 Å². The summed E-state index contributed by atoms with van der Waals surface area (Å²) in [6.07, 6.45) is 0.362. The monoisotopic (exact) mass is 221 g/mol. The van der Waals surface area contributed by atoms with E-state index < -0.39 is 15.4 Å². The molecule has 1 aliphatic heterocycles. The maximum Gasteiger partial charge on any atom is 0.153 e. The average molecular weight is 221 g/mol. The molecule has 1 saturated heterocycles. The van der Waals surface area contributed by atoms with Gasteiger partial charge in [0, 0.05) is 6.54 Å². The third-order valence-electron chi connectivity index (χ3n) is 2.37. The quantitative estimate of drug-likeness (QED) is 0.689. The Hall–Kier alpha value is -0.130. The lowest BCUT2D eigenvalue weighted by Crippen LogP contribution is -2.42. The third-order valence-corrected chi connectivity index (χ3v) is 4.18. The molecular formula is C9H19NO3S. The fourth-order valence-electron chi connectivity index (χ4n) is 1.63. The summed E-state index contributed by atoms with van der Waals surface area (Å²) in [5.41, 5.74) is -1.03. The molecule has 2 N–H and O–H groups in total. The van der Waals surface area contributed by atoms with E-state index in [-0.39, 0.29) is 11.5 Å². The zero-order valence-electron chi connectivity index (χ0n) is 8.78. The lowest BCUT2D eigenvalue weighted by Gasteiger charge is -2.21. The predicted octanol–water partition coefficient (Wildman–Crippen LogP) is -0.218. The van der Waals surface area contributed by atoms with Crippen LogP contribution in [-0.2, 0) is 9.84 Å². The molecule has 0 aliphatic carbocycles. The highest BCUT2D eigenvalue weighted by atomic mass is 32.2. The van der Waals surface area contributed by atoms with Gasteiger partial charge in [0.2, 0.25) is 0 Å². The van der Waals surface area contributed by atoms with E-state index in [4.69, 9.17) is 0 Å². The Bertz CT molecular complexity index is 286. The Labute approximate surface area is 85.6 Å². The Morgan fingerprint density at radius 3 is 2.57 bits per heavy atom. The summed E-state index contributed by atoms with van der Waals surface area (Å²) in [5.74, 6) is 0.536. The van der Waals surface area contributed by atoms with Crippen LogP contribution < -0.4 is 5.32 Å². The van der Waals surface area contributed by atoms with Gasteiger partial charge in [-0.3, -0.25) is 0 Å². The molecule has 84 valence electrons. The average Bonchev–Trinajstić information content (AvgIpc) is 2.25. The number of nitrogens with one attached hydrogen (secondary N) is 1. The summed E-state index contributed by atoms with van der Waals surface area (Å²) in [7, 11) is -2.99. The molecular weight excluding hydrogens is 202 g/mol. The maximum atomic E-state index is 11.2. The minimum absolute atomic E-state index is 0.0922. The van der Waals surface area contributed by atoms with Crippen LogP contribution in [0, 0.1) is 5.92 Å². The standard InChI is InChI=1S/C9H19NO3S/c1-8(2)5-10-6-9(11)3-4-14(12,13)7-9/h8,10-11H,3-7H2,1-2H3. The Morgan fingerprint density at radius 1 is 1.50 bits per heavy atom. The number of sulfone groups is 1. The largest absolute Gasteiger partial charge is 0.387 e. The molecule has 5 heteroatoms. The second kappa shape index (κ2) is 4.16. The van der Waals surface area contributed by atoms with E-state index in [9.17, 15) is 13.5 Å². The van der Waals surface area contributed by atoms with Gasteiger partial charge in [-0.2, -0.15) is 0 Å². The number of aliphatic hydroxyl groups is 1. The number of hydrogen-bond donors (Lipinski definition) is 2. The topological polar surface area (TPSA) is 66.4 Å². The van der Waals surface area contributed by atoms with Gasteiger partial charge in [-0.25, -0.2) is 8.42 Å².